The Morgan fingerprint density at radius 2 is 2.29 bits per heavy atom. The van der Waals surface area contributed by atoms with E-state index in [1.165, 1.54) is 6.42 Å². The molecule has 1 saturated heterocycles. The van der Waals surface area contributed by atoms with Crippen LogP contribution in [0.5, 0.6) is 0 Å². The van der Waals surface area contributed by atoms with E-state index >= 15 is 0 Å². The molecule has 0 bridgehead atoms. The minimum absolute atomic E-state index is 0.369. The third-order valence-electron chi connectivity index (χ3n) is 2.37. The Kier molecular flexibility index (Phi) is 6.15. The van der Waals surface area contributed by atoms with Gasteiger partial charge in [0.1, 0.15) is 0 Å². The predicted molar refractivity (Wildman–Crippen MR) is 57.5 cm³/mol. The molecule has 84 valence electrons. The second kappa shape index (κ2) is 7.21. The molecule has 0 spiro atoms. The monoisotopic (exact) mass is 201 g/mol. The Balaban J connectivity index is 1.79. The first-order chi connectivity index (χ1) is 6.79. The molecule has 1 atom stereocenters. The first-order valence-electron chi connectivity index (χ1n) is 5.72. The summed E-state index contributed by atoms with van der Waals surface area (Å²) in [5, 5.41) is 3.39. The van der Waals surface area contributed by atoms with Crippen molar-refractivity contribution in [3.63, 3.8) is 0 Å². The molecule has 1 aliphatic rings. The van der Waals surface area contributed by atoms with E-state index in [9.17, 15) is 0 Å². The number of ether oxygens (including phenoxy) is 2. The van der Waals surface area contributed by atoms with Crippen LogP contribution in [0, 0.1) is 0 Å². The van der Waals surface area contributed by atoms with Crippen molar-refractivity contribution in [3.05, 3.63) is 0 Å². The van der Waals surface area contributed by atoms with Gasteiger partial charge in [-0.25, -0.2) is 0 Å². The zero-order valence-electron chi connectivity index (χ0n) is 9.42. The van der Waals surface area contributed by atoms with Gasteiger partial charge in [-0.2, -0.15) is 0 Å². The molecule has 3 nitrogen and oxygen atoms in total. The van der Waals surface area contributed by atoms with Crippen molar-refractivity contribution < 1.29 is 9.47 Å². The van der Waals surface area contributed by atoms with Gasteiger partial charge in [0.15, 0.2) is 0 Å². The largest absolute Gasteiger partial charge is 0.379 e. The standard InChI is InChI=1S/C11H23NO2/c1-10(2)12-6-3-4-7-14-11-5-8-13-9-11/h10-12H,3-9H2,1-2H3. The molecule has 0 aromatic rings. The van der Waals surface area contributed by atoms with Gasteiger partial charge in [0.2, 0.25) is 0 Å². The average molecular weight is 201 g/mol. The lowest BCUT2D eigenvalue weighted by Gasteiger charge is -2.10. The molecule has 0 amide bonds. The van der Waals surface area contributed by atoms with E-state index in [-0.39, 0.29) is 0 Å². The van der Waals surface area contributed by atoms with Crippen LogP contribution < -0.4 is 5.32 Å². The Labute approximate surface area is 87.2 Å². The first-order valence-corrected chi connectivity index (χ1v) is 5.72. The van der Waals surface area contributed by atoms with Crippen LogP contribution in [0.3, 0.4) is 0 Å². The maximum Gasteiger partial charge on any atom is 0.0830 e. The fourth-order valence-corrected chi connectivity index (χ4v) is 1.51. The lowest BCUT2D eigenvalue weighted by Crippen LogP contribution is -2.24. The zero-order chi connectivity index (χ0) is 10.2. The van der Waals surface area contributed by atoms with E-state index in [0.717, 1.165) is 39.2 Å². The summed E-state index contributed by atoms with van der Waals surface area (Å²) in [6.07, 6.45) is 3.79. The lowest BCUT2D eigenvalue weighted by molar-refractivity contribution is 0.0408. The molecule has 0 aliphatic carbocycles. The van der Waals surface area contributed by atoms with Gasteiger partial charge < -0.3 is 14.8 Å². The Morgan fingerprint density at radius 1 is 1.43 bits per heavy atom. The van der Waals surface area contributed by atoms with Crippen LogP contribution in [0.4, 0.5) is 0 Å². The third-order valence-corrected chi connectivity index (χ3v) is 2.37. The van der Waals surface area contributed by atoms with Crippen molar-refractivity contribution in [2.24, 2.45) is 0 Å². The highest BCUT2D eigenvalue weighted by atomic mass is 16.5. The van der Waals surface area contributed by atoms with Gasteiger partial charge in [0.05, 0.1) is 12.7 Å². The fourth-order valence-electron chi connectivity index (χ4n) is 1.51. The van der Waals surface area contributed by atoms with Crippen LogP contribution in [0.1, 0.15) is 33.1 Å². The van der Waals surface area contributed by atoms with E-state index in [2.05, 4.69) is 19.2 Å². The summed E-state index contributed by atoms with van der Waals surface area (Å²) in [5.74, 6) is 0. The van der Waals surface area contributed by atoms with Crippen LogP contribution >= 0.6 is 0 Å². The maximum absolute atomic E-state index is 5.66. The van der Waals surface area contributed by atoms with Gasteiger partial charge >= 0.3 is 0 Å². The van der Waals surface area contributed by atoms with Crippen molar-refractivity contribution in [2.45, 2.75) is 45.3 Å². The second-order valence-electron chi connectivity index (χ2n) is 4.17. The van der Waals surface area contributed by atoms with Gasteiger partial charge in [0.25, 0.3) is 0 Å². The average Bonchev–Trinajstić information content (AvgIpc) is 2.63. The van der Waals surface area contributed by atoms with Gasteiger partial charge in [-0.15, -0.1) is 0 Å². The van der Waals surface area contributed by atoms with Crippen LogP contribution in [-0.2, 0) is 9.47 Å². The molecule has 1 N–H and O–H groups in total. The van der Waals surface area contributed by atoms with Crippen LogP contribution in [0.2, 0.25) is 0 Å². The number of hydrogen-bond acceptors (Lipinski definition) is 3. The molecular formula is C11H23NO2. The van der Waals surface area contributed by atoms with E-state index in [0.29, 0.717) is 12.1 Å². The highest BCUT2D eigenvalue weighted by molar-refractivity contribution is 4.62. The van der Waals surface area contributed by atoms with Gasteiger partial charge in [0, 0.05) is 19.3 Å². The molecule has 0 radical (unpaired) electrons. The van der Waals surface area contributed by atoms with E-state index in [4.69, 9.17) is 9.47 Å². The van der Waals surface area contributed by atoms with Crippen molar-refractivity contribution >= 4 is 0 Å². The SMILES string of the molecule is CC(C)NCCCCOC1CCOC1. The Hall–Kier alpha value is -0.120. The maximum atomic E-state index is 5.66. The summed E-state index contributed by atoms with van der Waals surface area (Å²) in [4.78, 5) is 0. The van der Waals surface area contributed by atoms with Crippen LogP contribution in [-0.4, -0.2) is 38.5 Å². The highest BCUT2D eigenvalue weighted by Gasteiger charge is 2.14. The summed E-state index contributed by atoms with van der Waals surface area (Å²) in [7, 11) is 0. The molecule has 1 rings (SSSR count). The lowest BCUT2D eigenvalue weighted by atomic mass is 10.3. The van der Waals surface area contributed by atoms with Crippen molar-refractivity contribution in [1.82, 2.24) is 5.32 Å². The highest BCUT2D eigenvalue weighted by Crippen LogP contribution is 2.08. The normalized spacial score (nSPS) is 22.1. The van der Waals surface area contributed by atoms with E-state index in [1.54, 1.807) is 0 Å². The summed E-state index contributed by atoms with van der Waals surface area (Å²) in [6.45, 7) is 8.00. The summed E-state index contributed by atoms with van der Waals surface area (Å²) >= 11 is 0. The minimum Gasteiger partial charge on any atom is -0.379 e. The third kappa shape index (κ3) is 5.58. The molecular weight excluding hydrogens is 178 g/mol. The summed E-state index contributed by atoms with van der Waals surface area (Å²) in [6, 6.07) is 0.596. The Bertz CT molecular complexity index is 133. The number of hydrogen-bond donors (Lipinski definition) is 1. The molecule has 0 aromatic carbocycles. The van der Waals surface area contributed by atoms with Gasteiger partial charge in [-0.05, 0) is 25.8 Å². The van der Waals surface area contributed by atoms with Crippen LogP contribution in [0.15, 0.2) is 0 Å². The topological polar surface area (TPSA) is 30.5 Å². The number of rotatable bonds is 7. The van der Waals surface area contributed by atoms with Gasteiger partial charge in [-0.1, -0.05) is 13.8 Å². The van der Waals surface area contributed by atoms with Crippen molar-refractivity contribution in [1.29, 1.82) is 0 Å². The quantitative estimate of drug-likeness (QED) is 0.634. The van der Waals surface area contributed by atoms with E-state index < -0.39 is 0 Å². The smallest absolute Gasteiger partial charge is 0.0830 e. The first kappa shape index (κ1) is 12.0. The Morgan fingerprint density at radius 3 is 2.93 bits per heavy atom. The number of nitrogens with one attached hydrogen (secondary N) is 1. The predicted octanol–water partition coefficient (Wildman–Crippen LogP) is 1.57. The second-order valence-corrected chi connectivity index (χ2v) is 4.17. The van der Waals surface area contributed by atoms with E-state index in [1.807, 2.05) is 0 Å². The molecule has 1 unspecified atom stereocenters. The van der Waals surface area contributed by atoms with Gasteiger partial charge in [-0.3, -0.25) is 0 Å². The fraction of sp³-hybridized carbons (Fsp3) is 1.00. The van der Waals surface area contributed by atoms with Crippen LogP contribution in [0.25, 0.3) is 0 Å². The number of unbranched alkanes of at least 4 members (excludes halogenated alkanes) is 1. The minimum atomic E-state index is 0.369. The zero-order valence-corrected chi connectivity index (χ0v) is 9.42. The molecule has 14 heavy (non-hydrogen) atoms. The molecule has 0 saturated carbocycles. The molecule has 1 fully saturated rings. The molecule has 3 heteroatoms. The van der Waals surface area contributed by atoms with Crippen molar-refractivity contribution in [2.75, 3.05) is 26.4 Å². The molecule has 1 aliphatic heterocycles. The summed E-state index contributed by atoms with van der Waals surface area (Å²) < 4.78 is 10.9. The molecule has 0 aromatic heterocycles. The molecule has 1 heterocycles. The van der Waals surface area contributed by atoms with Crippen molar-refractivity contribution in [3.8, 4) is 0 Å². The summed E-state index contributed by atoms with van der Waals surface area (Å²) in [5.41, 5.74) is 0.